The largest absolute Gasteiger partial charge is 0.408 e. The van der Waals surface area contributed by atoms with Crippen LogP contribution in [0.2, 0.25) is 0 Å². The summed E-state index contributed by atoms with van der Waals surface area (Å²) in [6.07, 6.45) is -4.57. The molecule has 1 heterocycles. The van der Waals surface area contributed by atoms with E-state index in [9.17, 15) is 22.0 Å². The van der Waals surface area contributed by atoms with Gasteiger partial charge < -0.3 is 5.32 Å². The predicted octanol–water partition coefficient (Wildman–Crippen LogP) is 2.47. The van der Waals surface area contributed by atoms with Crippen LogP contribution in [-0.4, -0.2) is 37.3 Å². The quantitative estimate of drug-likeness (QED) is 0.837. The fraction of sp³-hybridized carbons (Fsp3) is 0.500. The molecule has 2 nitrogen and oxygen atoms in total. The van der Waals surface area contributed by atoms with Gasteiger partial charge >= 0.3 is 6.18 Å². The molecule has 1 aliphatic rings. The number of nitrogens with zero attached hydrogens (tertiary/aromatic N) is 1. The molecule has 106 valence electrons. The topological polar surface area (TPSA) is 15.3 Å². The summed E-state index contributed by atoms with van der Waals surface area (Å²) in [4.78, 5) is 1.19. The van der Waals surface area contributed by atoms with E-state index in [4.69, 9.17) is 0 Å². The van der Waals surface area contributed by atoms with Gasteiger partial charge in [-0.3, -0.25) is 4.90 Å². The summed E-state index contributed by atoms with van der Waals surface area (Å²) >= 11 is 0. The summed E-state index contributed by atoms with van der Waals surface area (Å²) in [5.41, 5.74) is -0.396. The number of hydrogen-bond donors (Lipinski definition) is 1. The highest BCUT2D eigenvalue weighted by Gasteiger charge is 2.45. The first-order valence-corrected chi connectivity index (χ1v) is 5.85. The van der Waals surface area contributed by atoms with Crippen LogP contribution >= 0.6 is 0 Å². The van der Waals surface area contributed by atoms with Crippen LogP contribution in [0.5, 0.6) is 0 Å². The van der Waals surface area contributed by atoms with Crippen LogP contribution in [0, 0.1) is 11.6 Å². The monoisotopic (exact) mass is 280 g/mol. The normalized spacial score (nSPS) is 19.4. The van der Waals surface area contributed by atoms with Crippen molar-refractivity contribution in [1.29, 1.82) is 0 Å². The molecule has 0 unspecified atom stereocenters. The Bertz CT molecular complexity index is 420. The zero-order chi connectivity index (χ0) is 14.0. The maximum Gasteiger partial charge on any atom is 0.408 e. The number of nitrogens with one attached hydrogen (secondary N) is 1. The number of halogens is 5. The van der Waals surface area contributed by atoms with Crippen LogP contribution < -0.4 is 5.32 Å². The molecule has 1 fully saturated rings. The average molecular weight is 280 g/mol. The van der Waals surface area contributed by atoms with Gasteiger partial charge in [0.2, 0.25) is 0 Å². The minimum absolute atomic E-state index is 0.183. The van der Waals surface area contributed by atoms with E-state index in [1.54, 1.807) is 0 Å². The molecule has 0 radical (unpaired) electrons. The number of piperazine rings is 1. The second-order valence-corrected chi connectivity index (χ2v) is 4.43. The number of hydrogen-bond acceptors (Lipinski definition) is 2. The van der Waals surface area contributed by atoms with E-state index in [0.717, 1.165) is 12.1 Å². The molecule has 1 N–H and O–H groups in total. The highest BCUT2D eigenvalue weighted by Crippen LogP contribution is 2.38. The molecule has 1 aliphatic heterocycles. The van der Waals surface area contributed by atoms with Crippen LogP contribution in [0.3, 0.4) is 0 Å². The van der Waals surface area contributed by atoms with Crippen LogP contribution in [0.15, 0.2) is 18.2 Å². The lowest BCUT2D eigenvalue weighted by molar-refractivity contribution is -0.188. The molecule has 7 heteroatoms. The van der Waals surface area contributed by atoms with Crippen molar-refractivity contribution in [3.05, 3.63) is 35.4 Å². The Morgan fingerprint density at radius 3 is 2.00 bits per heavy atom. The zero-order valence-electron chi connectivity index (χ0n) is 9.97. The van der Waals surface area contributed by atoms with E-state index in [1.165, 1.54) is 4.90 Å². The Labute approximate surface area is 107 Å². The molecule has 2 rings (SSSR count). The third-order valence-corrected chi connectivity index (χ3v) is 3.03. The second kappa shape index (κ2) is 5.42. The zero-order valence-corrected chi connectivity index (χ0v) is 9.97. The summed E-state index contributed by atoms with van der Waals surface area (Å²) in [5, 5.41) is 2.94. The molecular formula is C12H13F5N2. The van der Waals surface area contributed by atoms with Gasteiger partial charge in [0, 0.05) is 32.2 Å². The molecule has 0 aromatic heterocycles. The lowest BCUT2D eigenvalue weighted by atomic mass is 10.0. The van der Waals surface area contributed by atoms with Gasteiger partial charge in [0.05, 0.1) is 0 Å². The van der Waals surface area contributed by atoms with Gasteiger partial charge in [-0.15, -0.1) is 0 Å². The fourth-order valence-electron chi connectivity index (χ4n) is 2.28. The van der Waals surface area contributed by atoms with Crippen LogP contribution in [-0.2, 0) is 0 Å². The Hall–Kier alpha value is -1.21. The van der Waals surface area contributed by atoms with E-state index in [-0.39, 0.29) is 13.1 Å². The van der Waals surface area contributed by atoms with Gasteiger partial charge in [0.15, 0.2) is 0 Å². The molecule has 19 heavy (non-hydrogen) atoms. The first kappa shape index (κ1) is 14.2. The van der Waals surface area contributed by atoms with Crippen molar-refractivity contribution in [1.82, 2.24) is 10.2 Å². The summed E-state index contributed by atoms with van der Waals surface area (Å²) in [5.74, 6) is -2.00. The van der Waals surface area contributed by atoms with E-state index in [1.807, 2.05) is 0 Å². The standard InChI is InChI=1S/C12H13F5N2/c13-9-5-8(6-10(14)7-9)11(12(15,16)17)19-3-1-18-2-4-19/h5-7,11,18H,1-4H2/t11-/m0/s1. The molecule has 1 aromatic carbocycles. The van der Waals surface area contributed by atoms with Crippen LogP contribution in [0.1, 0.15) is 11.6 Å². The minimum Gasteiger partial charge on any atom is -0.314 e. The van der Waals surface area contributed by atoms with Gasteiger partial charge in [-0.2, -0.15) is 13.2 Å². The third-order valence-electron chi connectivity index (χ3n) is 3.03. The molecule has 0 saturated carbocycles. The first-order chi connectivity index (χ1) is 8.88. The van der Waals surface area contributed by atoms with Gasteiger partial charge in [0.25, 0.3) is 0 Å². The van der Waals surface area contributed by atoms with Crippen molar-refractivity contribution >= 4 is 0 Å². The maximum atomic E-state index is 13.1. The van der Waals surface area contributed by atoms with Crippen molar-refractivity contribution in [2.24, 2.45) is 0 Å². The molecular weight excluding hydrogens is 267 g/mol. The van der Waals surface area contributed by atoms with Gasteiger partial charge in [-0.1, -0.05) is 0 Å². The molecule has 0 spiro atoms. The van der Waals surface area contributed by atoms with E-state index >= 15 is 0 Å². The van der Waals surface area contributed by atoms with Crippen LogP contribution in [0.4, 0.5) is 22.0 Å². The SMILES string of the molecule is Fc1cc(F)cc([C@H](N2CCNCC2)C(F)(F)F)c1. The molecule has 0 aliphatic carbocycles. The smallest absolute Gasteiger partial charge is 0.314 e. The molecule has 1 saturated heterocycles. The first-order valence-electron chi connectivity index (χ1n) is 5.85. The average Bonchev–Trinajstić information content (AvgIpc) is 2.27. The summed E-state index contributed by atoms with van der Waals surface area (Å²) in [6, 6.07) is 0.0705. The Morgan fingerprint density at radius 1 is 1.00 bits per heavy atom. The minimum atomic E-state index is -4.57. The number of benzene rings is 1. The predicted molar refractivity (Wildman–Crippen MR) is 59.6 cm³/mol. The van der Waals surface area contributed by atoms with E-state index < -0.39 is 29.4 Å². The Balaban J connectivity index is 2.36. The van der Waals surface area contributed by atoms with Crippen molar-refractivity contribution in [2.45, 2.75) is 12.2 Å². The van der Waals surface area contributed by atoms with Crippen molar-refractivity contribution in [3.8, 4) is 0 Å². The highest BCUT2D eigenvalue weighted by molar-refractivity contribution is 5.23. The van der Waals surface area contributed by atoms with E-state index in [0.29, 0.717) is 19.2 Å². The van der Waals surface area contributed by atoms with Gasteiger partial charge in [-0.25, -0.2) is 8.78 Å². The van der Waals surface area contributed by atoms with Gasteiger partial charge in [-0.05, 0) is 17.7 Å². The molecule has 1 aromatic rings. The maximum absolute atomic E-state index is 13.1. The van der Waals surface area contributed by atoms with Crippen molar-refractivity contribution in [2.75, 3.05) is 26.2 Å². The van der Waals surface area contributed by atoms with Crippen LogP contribution in [0.25, 0.3) is 0 Å². The highest BCUT2D eigenvalue weighted by atomic mass is 19.4. The van der Waals surface area contributed by atoms with E-state index in [2.05, 4.69) is 5.32 Å². The Kier molecular flexibility index (Phi) is 4.05. The summed E-state index contributed by atoms with van der Waals surface area (Å²) in [6.45, 7) is 1.21. The molecule has 0 amide bonds. The summed E-state index contributed by atoms with van der Waals surface area (Å²) < 4.78 is 65.7. The lowest BCUT2D eigenvalue weighted by Gasteiger charge is -2.36. The van der Waals surface area contributed by atoms with Gasteiger partial charge in [0.1, 0.15) is 17.7 Å². The second-order valence-electron chi connectivity index (χ2n) is 4.43. The number of rotatable bonds is 2. The van der Waals surface area contributed by atoms with Crippen molar-refractivity contribution < 1.29 is 22.0 Å². The van der Waals surface area contributed by atoms with Crippen molar-refractivity contribution in [3.63, 3.8) is 0 Å². The number of alkyl halides is 3. The Morgan fingerprint density at radius 2 is 1.53 bits per heavy atom. The molecule has 0 bridgehead atoms. The summed E-state index contributed by atoms with van der Waals surface area (Å²) in [7, 11) is 0. The molecule has 1 atom stereocenters. The third kappa shape index (κ3) is 3.42. The lowest BCUT2D eigenvalue weighted by Crippen LogP contribution is -2.49. The fourth-order valence-corrected chi connectivity index (χ4v) is 2.28.